The zero-order chi connectivity index (χ0) is 15.2. The summed E-state index contributed by atoms with van der Waals surface area (Å²) >= 11 is 0. The first kappa shape index (κ1) is 16.7. The third-order valence-corrected chi connectivity index (χ3v) is 2.80. The fourth-order valence-corrected chi connectivity index (χ4v) is 1.74. The van der Waals surface area contributed by atoms with Gasteiger partial charge in [-0.2, -0.15) is 0 Å². The molecule has 0 saturated carbocycles. The Morgan fingerprint density at radius 3 is 2.40 bits per heavy atom. The molecule has 112 valence electrons. The van der Waals surface area contributed by atoms with Gasteiger partial charge in [-0.25, -0.2) is 4.79 Å². The molecule has 1 aromatic carbocycles. The van der Waals surface area contributed by atoms with E-state index in [0.717, 1.165) is 5.56 Å². The van der Waals surface area contributed by atoms with Crippen LogP contribution in [0.25, 0.3) is 0 Å². The van der Waals surface area contributed by atoms with Crippen molar-refractivity contribution in [3.8, 4) is 0 Å². The Morgan fingerprint density at radius 2 is 1.90 bits per heavy atom. The second kappa shape index (κ2) is 7.41. The summed E-state index contributed by atoms with van der Waals surface area (Å²) in [6.07, 6.45) is 0.173. The van der Waals surface area contributed by atoms with Crippen molar-refractivity contribution in [2.75, 3.05) is 6.54 Å². The van der Waals surface area contributed by atoms with Gasteiger partial charge in [-0.05, 0) is 32.8 Å². The third-order valence-electron chi connectivity index (χ3n) is 2.80. The van der Waals surface area contributed by atoms with E-state index in [9.17, 15) is 9.90 Å². The topological polar surface area (TPSA) is 58.6 Å². The van der Waals surface area contributed by atoms with E-state index in [-0.39, 0.29) is 5.97 Å². The fourth-order valence-electron chi connectivity index (χ4n) is 1.74. The molecular formula is C16H25NO3. The van der Waals surface area contributed by atoms with E-state index in [4.69, 9.17) is 4.74 Å². The van der Waals surface area contributed by atoms with Crippen LogP contribution in [0, 0.1) is 0 Å². The summed E-state index contributed by atoms with van der Waals surface area (Å²) in [6.45, 7) is 7.78. The highest BCUT2D eigenvalue weighted by atomic mass is 16.6. The quantitative estimate of drug-likeness (QED) is 0.785. The third kappa shape index (κ3) is 5.72. The second-order valence-corrected chi connectivity index (χ2v) is 5.85. The number of rotatable bonds is 6. The number of carbonyl (C=O) groups is 1. The summed E-state index contributed by atoms with van der Waals surface area (Å²) in [4.78, 5) is 12.3. The molecule has 4 heteroatoms. The lowest BCUT2D eigenvalue weighted by atomic mass is 10.1. The van der Waals surface area contributed by atoms with Crippen LogP contribution in [0.3, 0.4) is 0 Å². The van der Waals surface area contributed by atoms with Gasteiger partial charge < -0.3 is 9.84 Å². The Morgan fingerprint density at radius 1 is 1.30 bits per heavy atom. The average Bonchev–Trinajstić information content (AvgIpc) is 2.37. The van der Waals surface area contributed by atoms with Crippen molar-refractivity contribution in [1.82, 2.24) is 5.32 Å². The predicted octanol–water partition coefficient (Wildman–Crippen LogP) is 2.43. The summed E-state index contributed by atoms with van der Waals surface area (Å²) in [5.41, 5.74) is 0.305. The first-order chi connectivity index (χ1) is 9.33. The lowest BCUT2D eigenvalue weighted by Gasteiger charge is -2.25. The fraction of sp³-hybridized carbons (Fsp3) is 0.562. The number of aliphatic hydroxyl groups excluding tert-OH is 1. The summed E-state index contributed by atoms with van der Waals surface area (Å²) in [7, 11) is 0. The van der Waals surface area contributed by atoms with E-state index in [1.165, 1.54) is 0 Å². The van der Waals surface area contributed by atoms with Crippen molar-refractivity contribution in [2.45, 2.75) is 51.9 Å². The lowest BCUT2D eigenvalue weighted by Crippen LogP contribution is -2.38. The molecule has 2 atom stereocenters. The zero-order valence-corrected chi connectivity index (χ0v) is 12.7. The van der Waals surface area contributed by atoms with Gasteiger partial charge in [0.2, 0.25) is 0 Å². The van der Waals surface area contributed by atoms with E-state index in [2.05, 4.69) is 5.32 Å². The van der Waals surface area contributed by atoms with Crippen molar-refractivity contribution in [2.24, 2.45) is 0 Å². The van der Waals surface area contributed by atoms with Gasteiger partial charge in [-0.1, -0.05) is 37.3 Å². The smallest absolute Gasteiger partial charge is 0.328 e. The standard InChI is InChI=1S/C16H25NO3/c1-5-13(18)11-17-14(12-9-7-6-8-10-12)15(19)20-16(2,3)4/h6-10,13-14,17-18H,5,11H2,1-4H3/t13-,14-/m1/s1. The number of carbonyl (C=O) groups excluding carboxylic acids is 1. The molecule has 1 rings (SSSR count). The molecule has 0 unspecified atom stereocenters. The van der Waals surface area contributed by atoms with Gasteiger partial charge in [0.15, 0.2) is 0 Å². The van der Waals surface area contributed by atoms with E-state index in [1.54, 1.807) is 0 Å². The van der Waals surface area contributed by atoms with Crippen LogP contribution in [0.5, 0.6) is 0 Å². The molecule has 0 aliphatic rings. The molecule has 20 heavy (non-hydrogen) atoms. The molecule has 1 aromatic rings. The van der Waals surface area contributed by atoms with Crippen LogP contribution in [0.15, 0.2) is 30.3 Å². The van der Waals surface area contributed by atoms with Crippen molar-refractivity contribution in [1.29, 1.82) is 0 Å². The van der Waals surface area contributed by atoms with Gasteiger partial charge in [0.25, 0.3) is 0 Å². The van der Waals surface area contributed by atoms with Crippen LogP contribution in [0.2, 0.25) is 0 Å². The van der Waals surface area contributed by atoms with Crippen LogP contribution in [0.1, 0.15) is 45.7 Å². The largest absolute Gasteiger partial charge is 0.459 e. The Kier molecular flexibility index (Phi) is 6.17. The van der Waals surface area contributed by atoms with Gasteiger partial charge in [0, 0.05) is 6.54 Å². The Bertz CT molecular complexity index is 411. The van der Waals surface area contributed by atoms with Crippen molar-refractivity contribution < 1.29 is 14.6 Å². The lowest BCUT2D eigenvalue weighted by molar-refractivity contribution is -0.157. The minimum absolute atomic E-state index is 0.327. The van der Waals surface area contributed by atoms with Crippen LogP contribution < -0.4 is 5.32 Å². The molecule has 0 saturated heterocycles. The highest BCUT2D eigenvalue weighted by Crippen LogP contribution is 2.18. The maximum atomic E-state index is 12.3. The summed E-state index contributed by atoms with van der Waals surface area (Å²) in [6, 6.07) is 8.85. The van der Waals surface area contributed by atoms with E-state index in [1.807, 2.05) is 58.0 Å². The van der Waals surface area contributed by atoms with Crippen LogP contribution in [-0.2, 0) is 9.53 Å². The summed E-state index contributed by atoms with van der Waals surface area (Å²) < 4.78 is 5.44. The highest BCUT2D eigenvalue weighted by Gasteiger charge is 2.26. The molecule has 4 nitrogen and oxygen atoms in total. The number of aliphatic hydroxyl groups is 1. The number of hydrogen-bond donors (Lipinski definition) is 2. The zero-order valence-electron chi connectivity index (χ0n) is 12.7. The van der Waals surface area contributed by atoms with Crippen molar-refractivity contribution in [3.05, 3.63) is 35.9 Å². The van der Waals surface area contributed by atoms with Gasteiger partial charge >= 0.3 is 5.97 Å². The number of nitrogens with one attached hydrogen (secondary N) is 1. The summed E-state index contributed by atoms with van der Waals surface area (Å²) in [5.74, 6) is -0.327. The van der Waals surface area contributed by atoms with E-state index in [0.29, 0.717) is 13.0 Å². The molecule has 0 aromatic heterocycles. The normalized spacial score (nSPS) is 14.7. The van der Waals surface area contributed by atoms with Crippen LogP contribution >= 0.6 is 0 Å². The molecule has 0 amide bonds. The minimum Gasteiger partial charge on any atom is -0.459 e. The Balaban J connectivity index is 2.82. The molecule has 0 aliphatic carbocycles. The molecular weight excluding hydrogens is 254 g/mol. The van der Waals surface area contributed by atoms with Crippen molar-refractivity contribution >= 4 is 5.97 Å². The first-order valence-electron chi connectivity index (χ1n) is 7.02. The molecule has 0 heterocycles. The molecule has 0 bridgehead atoms. The molecule has 0 fully saturated rings. The Hall–Kier alpha value is -1.39. The monoisotopic (exact) mass is 279 g/mol. The number of esters is 1. The van der Waals surface area contributed by atoms with Crippen LogP contribution in [0.4, 0.5) is 0 Å². The van der Waals surface area contributed by atoms with E-state index < -0.39 is 17.7 Å². The maximum absolute atomic E-state index is 12.3. The van der Waals surface area contributed by atoms with Gasteiger partial charge in [0.05, 0.1) is 6.10 Å². The molecule has 0 spiro atoms. The number of ether oxygens (including phenoxy) is 1. The molecule has 0 radical (unpaired) electrons. The Labute approximate surface area is 121 Å². The predicted molar refractivity (Wildman–Crippen MR) is 79.3 cm³/mol. The minimum atomic E-state index is -0.559. The first-order valence-corrected chi connectivity index (χ1v) is 7.02. The van der Waals surface area contributed by atoms with Gasteiger partial charge in [-0.3, -0.25) is 5.32 Å². The second-order valence-electron chi connectivity index (χ2n) is 5.85. The highest BCUT2D eigenvalue weighted by molar-refractivity contribution is 5.78. The molecule has 2 N–H and O–H groups in total. The number of benzene rings is 1. The van der Waals surface area contributed by atoms with Crippen LogP contribution in [-0.4, -0.2) is 29.3 Å². The van der Waals surface area contributed by atoms with Gasteiger partial charge in [0.1, 0.15) is 11.6 Å². The number of hydrogen-bond acceptors (Lipinski definition) is 4. The van der Waals surface area contributed by atoms with E-state index >= 15 is 0 Å². The average molecular weight is 279 g/mol. The SMILES string of the molecule is CC[C@@H](O)CN[C@@H](C(=O)OC(C)(C)C)c1ccccc1. The molecule has 0 aliphatic heterocycles. The maximum Gasteiger partial charge on any atom is 0.328 e. The van der Waals surface area contributed by atoms with Gasteiger partial charge in [-0.15, -0.1) is 0 Å². The summed E-state index contributed by atoms with van der Waals surface area (Å²) in [5, 5.41) is 12.7. The van der Waals surface area contributed by atoms with Crippen molar-refractivity contribution in [3.63, 3.8) is 0 Å².